The highest BCUT2D eigenvalue weighted by molar-refractivity contribution is 5.70. The lowest BCUT2D eigenvalue weighted by Gasteiger charge is -2.34. The Morgan fingerprint density at radius 3 is 1.36 bits per heavy atom. The molecular weight excluding hydrogens is 703 g/mol. The Kier molecular flexibility index (Phi) is 38.5. The number of carbonyl (C=O) groups is 3. The van der Waals surface area contributed by atoms with Gasteiger partial charge < -0.3 is 28.6 Å². The second-order valence-electron chi connectivity index (χ2n) is 17.4. The fourth-order valence-electron chi connectivity index (χ4n) is 7.19. The van der Waals surface area contributed by atoms with Crippen LogP contribution in [0.25, 0.3) is 0 Å². The molecule has 56 heavy (non-hydrogen) atoms. The monoisotopic (exact) mass is 794 g/mol. The minimum absolute atomic E-state index is 0.0425. The molecule has 330 valence electrons. The molecule has 8 nitrogen and oxygen atoms in total. The second-order valence-corrected chi connectivity index (χ2v) is 17.4. The smallest absolute Gasteiger partial charge is 0.306 e. The van der Waals surface area contributed by atoms with Crippen LogP contribution in [0.1, 0.15) is 226 Å². The predicted octanol–water partition coefficient (Wildman–Crippen LogP) is 11.8. The van der Waals surface area contributed by atoms with Crippen LogP contribution in [0.15, 0.2) is 12.2 Å². The van der Waals surface area contributed by atoms with E-state index >= 15 is 0 Å². The molecule has 0 saturated heterocycles. The molecule has 0 aliphatic heterocycles. The van der Waals surface area contributed by atoms with Crippen LogP contribution in [-0.2, 0) is 28.6 Å². The molecule has 2 atom stereocenters. The average molecular weight is 794 g/mol. The minimum Gasteiger partial charge on any atom is -0.544 e. The molecule has 0 N–H and O–H groups in total. The van der Waals surface area contributed by atoms with Gasteiger partial charge in [-0.3, -0.25) is 9.59 Å². The maximum atomic E-state index is 12.7. The fraction of sp³-hybridized carbons (Fsp3) is 0.896. The van der Waals surface area contributed by atoms with Gasteiger partial charge in [-0.1, -0.05) is 187 Å². The number of rotatable bonds is 43. The van der Waals surface area contributed by atoms with Gasteiger partial charge in [0.2, 0.25) is 0 Å². The van der Waals surface area contributed by atoms with Crippen LogP contribution in [0, 0.1) is 0 Å². The van der Waals surface area contributed by atoms with Crippen molar-refractivity contribution in [1.29, 1.82) is 0 Å². The molecule has 8 heteroatoms. The van der Waals surface area contributed by atoms with Crippen molar-refractivity contribution in [3.8, 4) is 0 Å². The lowest BCUT2D eigenvalue weighted by Crippen LogP contribution is -2.55. The summed E-state index contributed by atoms with van der Waals surface area (Å²) in [6.45, 7) is 4.62. The number of nitrogens with zero attached hydrogens (tertiary/aromatic N) is 1. The summed E-state index contributed by atoms with van der Waals surface area (Å²) in [6, 6.07) is -0.722. The van der Waals surface area contributed by atoms with E-state index in [1.807, 2.05) is 0 Å². The van der Waals surface area contributed by atoms with E-state index in [9.17, 15) is 19.5 Å². The highest BCUT2D eigenvalue weighted by Crippen LogP contribution is 2.16. The topological polar surface area (TPSA) is 102 Å². The van der Waals surface area contributed by atoms with Crippen LogP contribution in [0.4, 0.5) is 0 Å². The average Bonchev–Trinajstić information content (AvgIpc) is 3.15. The lowest BCUT2D eigenvalue weighted by molar-refractivity contribution is -0.889. The van der Waals surface area contributed by atoms with Gasteiger partial charge in [0.1, 0.15) is 12.6 Å². The quantitative estimate of drug-likeness (QED) is 0.0262. The molecule has 0 fully saturated rings. The molecule has 0 bridgehead atoms. The van der Waals surface area contributed by atoms with Crippen molar-refractivity contribution in [2.45, 2.75) is 238 Å². The summed E-state index contributed by atoms with van der Waals surface area (Å²) in [5, 5.41) is 11.6. The predicted molar refractivity (Wildman–Crippen MR) is 231 cm³/mol. The number of carboxylic acids is 1. The van der Waals surface area contributed by atoms with Crippen LogP contribution >= 0.6 is 0 Å². The number of carbonyl (C=O) groups excluding carboxylic acids is 3. The van der Waals surface area contributed by atoms with Gasteiger partial charge in [-0.05, 0) is 32.1 Å². The Balaban J connectivity index is 4.12. The summed E-state index contributed by atoms with van der Waals surface area (Å²) >= 11 is 0. The van der Waals surface area contributed by atoms with Gasteiger partial charge >= 0.3 is 11.9 Å². The first kappa shape index (κ1) is 54.1. The third kappa shape index (κ3) is 37.6. The first-order valence-corrected chi connectivity index (χ1v) is 23.7. The van der Waals surface area contributed by atoms with E-state index in [-0.39, 0.29) is 42.7 Å². The van der Waals surface area contributed by atoms with Gasteiger partial charge in [-0.2, -0.15) is 0 Å². The third-order valence-corrected chi connectivity index (χ3v) is 10.9. The number of quaternary nitrogens is 1. The molecule has 0 radical (unpaired) electrons. The number of aliphatic carboxylic acids is 1. The Morgan fingerprint density at radius 1 is 0.518 bits per heavy atom. The summed E-state index contributed by atoms with van der Waals surface area (Å²) in [5.41, 5.74) is 0. The van der Waals surface area contributed by atoms with Crippen molar-refractivity contribution in [1.82, 2.24) is 0 Å². The highest BCUT2D eigenvalue weighted by atomic mass is 16.6. The van der Waals surface area contributed by atoms with Crippen LogP contribution in [0.2, 0.25) is 0 Å². The zero-order valence-corrected chi connectivity index (χ0v) is 37.6. The number of allylic oxidation sites excluding steroid dienone is 2. The first-order chi connectivity index (χ1) is 27.1. The third-order valence-electron chi connectivity index (χ3n) is 10.9. The lowest BCUT2D eigenvalue weighted by atomic mass is 10.0. The zero-order chi connectivity index (χ0) is 41.4. The van der Waals surface area contributed by atoms with Crippen molar-refractivity contribution >= 4 is 17.9 Å². The summed E-state index contributed by atoms with van der Waals surface area (Å²) < 4.78 is 17.2. The summed E-state index contributed by atoms with van der Waals surface area (Å²) in [7, 11) is 5.41. The van der Waals surface area contributed by atoms with E-state index in [1.54, 1.807) is 21.1 Å². The Labute approximate surface area is 346 Å². The maximum absolute atomic E-state index is 12.7. The molecule has 0 saturated carbocycles. The van der Waals surface area contributed by atoms with Crippen LogP contribution in [-0.4, -0.2) is 75.5 Å². The largest absolute Gasteiger partial charge is 0.544 e. The van der Waals surface area contributed by atoms with Gasteiger partial charge in [0.25, 0.3) is 0 Å². The molecule has 0 heterocycles. The van der Waals surface area contributed by atoms with Gasteiger partial charge in [0, 0.05) is 19.3 Å². The summed E-state index contributed by atoms with van der Waals surface area (Å²) in [5.74, 6) is -1.73. The van der Waals surface area contributed by atoms with E-state index in [2.05, 4.69) is 26.0 Å². The Morgan fingerprint density at radius 2 is 0.929 bits per heavy atom. The standard InChI is InChI=1S/C48H91NO7/c1-6-8-10-12-14-16-18-19-20-21-22-23-24-25-26-27-28-29-31-32-34-36-38-46(50)55-43-44(42-54-41-40-45(48(52)53)49(3,4)5)56-47(51)39-37-35-33-30-17-15-13-11-9-7-2/h11,13,44-45H,6-10,12,14-43H2,1-5H3/b13-11-. The van der Waals surface area contributed by atoms with E-state index in [4.69, 9.17) is 14.2 Å². The SMILES string of the molecule is CCC/C=C\CCCCCCCC(=O)OC(COCCC(C(=O)[O-])[N+](C)(C)C)COC(=O)CCCCCCCCCCCCCCCCCCCCCCCC. The number of esters is 2. The second kappa shape index (κ2) is 39.9. The number of hydrogen-bond acceptors (Lipinski definition) is 7. The van der Waals surface area contributed by atoms with Gasteiger partial charge in [-0.15, -0.1) is 0 Å². The molecule has 0 aliphatic rings. The van der Waals surface area contributed by atoms with Gasteiger partial charge in [0.15, 0.2) is 6.10 Å². The molecule has 0 amide bonds. The van der Waals surface area contributed by atoms with E-state index < -0.39 is 18.1 Å². The van der Waals surface area contributed by atoms with Crippen LogP contribution in [0.3, 0.4) is 0 Å². The summed E-state index contributed by atoms with van der Waals surface area (Å²) in [6.07, 6.45) is 42.5. The first-order valence-electron chi connectivity index (χ1n) is 23.7. The fourth-order valence-corrected chi connectivity index (χ4v) is 7.19. The molecular formula is C48H91NO7. The van der Waals surface area contributed by atoms with E-state index in [1.165, 1.54) is 135 Å². The zero-order valence-electron chi connectivity index (χ0n) is 37.6. The normalized spacial score (nSPS) is 12.9. The number of hydrogen-bond donors (Lipinski definition) is 0. The molecule has 0 aromatic rings. The summed E-state index contributed by atoms with van der Waals surface area (Å²) in [4.78, 5) is 36.8. The van der Waals surface area contributed by atoms with Crippen molar-refractivity contribution in [3.63, 3.8) is 0 Å². The molecule has 0 aromatic carbocycles. The number of ether oxygens (including phenoxy) is 3. The maximum Gasteiger partial charge on any atom is 0.306 e. The molecule has 2 unspecified atom stereocenters. The van der Waals surface area contributed by atoms with Gasteiger partial charge in [-0.25, -0.2) is 0 Å². The van der Waals surface area contributed by atoms with E-state index in [0.29, 0.717) is 12.8 Å². The molecule has 0 aliphatic carbocycles. The van der Waals surface area contributed by atoms with Crippen molar-refractivity contribution in [2.24, 2.45) is 0 Å². The van der Waals surface area contributed by atoms with Gasteiger partial charge in [0.05, 0.1) is 40.3 Å². The number of unbranched alkanes of at least 4 members (excludes halogenated alkanes) is 27. The molecule has 0 aromatic heterocycles. The number of carboxylic acid groups (broad SMARTS) is 1. The Hall–Kier alpha value is -1.93. The van der Waals surface area contributed by atoms with Crippen LogP contribution in [0.5, 0.6) is 0 Å². The van der Waals surface area contributed by atoms with Crippen molar-refractivity contribution in [3.05, 3.63) is 12.2 Å². The van der Waals surface area contributed by atoms with Crippen molar-refractivity contribution < 1.29 is 38.2 Å². The van der Waals surface area contributed by atoms with E-state index in [0.717, 1.165) is 57.8 Å². The van der Waals surface area contributed by atoms with Crippen LogP contribution < -0.4 is 5.11 Å². The molecule has 0 spiro atoms. The molecule has 0 rings (SSSR count). The number of likely N-dealkylation sites (N-methyl/N-ethyl adjacent to an activating group) is 1. The highest BCUT2D eigenvalue weighted by Gasteiger charge is 2.25. The Bertz CT molecular complexity index is 931. The minimum atomic E-state index is -1.12. The van der Waals surface area contributed by atoms with Crippen molar-refractivity contribution in [2.75, 3.05) is 41.0 Å².